The van der Waals surface area contributed by atoms with Crippen LogP contribution in [-0.2, 0) is 5.67 Å². The fraction of sp³-hybridized carbons (Fsp3) is 0.400. The second-order valence-corrected chi connectivity index (χ2v) is 3.80. The van der Waals surface area contributed by atoms with E-state index in [1.165, 1.54) is 25.1 Å². The van der Waals surface area contributed by atoms with Crippen LogP contribution in [0.5, 0.6) is 5.75 Å². The van der Waals surface area contributed by atoms with Gasteiger partial charge in [-0.3, -0.25) is 0 Å². The lowest BCUT2D eigenvalue weighted by Crippen LogP contribution is -2.29. The number of rotatable bonds is 3. The van der Waals surface area contributed by atoms with E-state index >= 15 is 0 Å². The summed E-state index contributed by atoms with van der Waals surface area (Å²) in [6.07, 6.45) is 0. The van der Waals surface area contributed by atoms with Gasteiger partial charge in [0.2, 0.25) is 0 Å². The van der Waals surface area contributed by atoms with E-state index in [-0.39, 0.29) is 17.3 Å². The number of halogens is 2. The number of likely N-dealkylation sites (N-methyl/N-ethyl adjacent to an activating group) is 1. The summed E-state index contributed by atoms with van der Waals surface area (Å²) in [5.41, 5.74) is -1.15. The molecular weight excluding hydrogens is 205 g/mol. The summed E-state index contributed by atoms with van der Waals surface area (Å²) in [4.78, 5) is 0. The zero-order valence-corrected chi connectivity index (χ0v) is 8.90. The van der Waals surface area contributed by atoms with E-state index in [9.17, 15) is 4.39 Å². The van der Waals surface area contributed by atoms with E-state index < -0.39 is 5.67 Å². The lowest BCUT2D eigenvalue weighted by Gasteiger charge is -2.21. The number of hydrogen-bond donors (Lipinski definition) is 2. The molecule has 1 atom stereocenters. The molecule has 0 saturated heterocycles. The van der Waals surface area contributed by atoms with Gasteiger partial charge < -0.3 is 10.4 Å². The van der Waals surface area contributed by atoms with Gasteiger partial charge in [-0.25, -0.2) is 4.39 Å². The third-order valence-corrected chi connectivity index (χ3v) is 2.34. The normalized spacial score (nSPS) is 15.1. The molecule has 0 heterocycles. The molecule has 0 amide bonds. The molecule has 14 heavy (non-hydrogen) atoms. The van der Waals surface area contributed by atoms with Crippen molar-refractivity contribution in [2.45, 2.75) is 12.6 Å². The molecule has 0 bridgehead atoms. The molecule has 2 N–H and O–H groups in total. The van der Waals surface area contributed by atoms with E-state index in [0.717, 1.165) is 0 Å². The first kappa shape index (κ1) is 11.3. The lowest BCUT2D eigenvalue weighted by atomic mass is 9.98. The van der Waals surface area contributed by atoms with Crippen LogP contribution in [0.25, 0.3) is 0 Å². The second kappa shape index (κ2) is 4.15. The van der Waals surface area contributed by atoms with Crippen LogP contribution in [0.2, 0.25) is 5.02 Å². The fourth-order valence-corrected chi connectivity index (χ4v) is 1.73. The minimum absolute atomic E-state index is 0.0407. The van der Waals surface area contributed by atoms with Crippen LogP contribution in [0.1, 0.15) is 12.5 Å². The summed E-state index contributed by atoms with van der Waals surface area (Å²) in [5, 5.41) is 12.1. The summed E-state index contributed by atoms with van der Waals surface area (Å²) in [6, 6.07) is 4.26. The molecule has 0 aliphatic carbocycles. The highest BCUT2D eigenvalue weighted by atomic mass is 35.5. The molecule has 0 spiro atoms. The molecule has 1 aromatic rings. The van der Waals surface area contributed by atoms with Crippen molar-refractivity contribution in [2.75, 3.05) is 13.6 Å². The van der Waals surface area contributed by atoms with E-state index in [0.29, 0.717) is 5.56 Å². The predicted octanol–water partition coefficient (Wildman–Crippen LogP) is 2.45. The second-order valence-electron chi connectivity index (χ2n) is 3.39. The van der Waals surface area contributed by atoms with Crippen LogP contribution in [0.3, 0.4) is 0 Å². The van der Waals surface area contributed by atoms with Gasteiger partial charge in [0.1, 0.15) is 11.4 Å². The Kier molecular flexibility index (Phi) is 3.34. The van der Waals surface area contributed by atoms with Gasteiger partial charge in [-0.1, -0.05) is 17.7 Å². The number of nitrogens with one attached hydrogen (secondary N) is 1. The molecule has 1 aromatic carbocycles. The van der Waals surface area contributed by atoms with Crippen LogP contribution in [0.15, 0.2) is 18.2 Å². The molecule has 4 heteroatoms. The minimum Gasteiger partial charge on any atom is -0.508 e. The fourth-order valence-electron chi connectivity index (χ4n) is 1.35. The first-order valence-electron chi connectivity index (χ1n) is 4.30. The SMILES string of the molecule is CNCC(C)(F)c1ccc(O)cc1Cl. The zero-order valence-electron chi connectivity index (χ0n) is 8.14. The van der Waals surface area contributed by atoms with Crippen molar-refractivity contribution in [1.29, 1.82) is 0 Å². The molecule has 78 valence electrons. The highest BCUT2D eigenvalue weighted by Crippen LogP contribution is 2.32. The molecule has 0 fully saturated rings. The van der Waals surface area contributed by atoms with Crippen molar-refractivity contribution >= 4 is 11.6 Å². The molecule has 0 aliphatic heterocycles. The number of benzene rings is 1. The maximum absolute atomic E-state index is 14.0. The minimum atomic E-state index is -1.53. The smallest absolute Gasteiger partial charge is 0.147 e. The van der Waals surface area contributed by atoms with Crippen molar-refractivity contribution in [2.24, 2.45) is 0 Å². The standard InChI is InChI=1S/C10H13ClFNO/c1-10(12,6-13-2)8-4-3-7(14)5-9(8)11/h3-5,13-14H,6H2,1-2H3. The average Bonchev–Trinajstić information content (AvgIpc) is 2.02. The Hall–Kier alpha value is -0.800. The van der Waals surface area contributed by atoms with Gasteiger partial charge in [0.25, 0.3) is 0 Å². The maximum atomic E-state index is 14.0. The lowest BCUT2D eigenvalue weighted by molar-refractivity contribution is 0.191. The predicted molar refractivity (Wildman–Crippen MR) is 55.5 cm³/mol. The monoisotopic (exact) mass is 217 g/mol. The molecule has 2 nitrogen and oxygen atoms in total. The van der Waals surface area contributed by atoms with Crippen LogP contribution in [-0.4, -0.2) is 18.7 Å². The Labute approximate surface area is 87.7 Å². The molecule has 0 saturated carbocycles. The molecule has 1 unspecified atom stereocenters. The Balaban J connectivity index is 3.06. The summed E-state index contributed by atoms with van der Waals surface area (Å²) < 4.78 is 14.0. The topological polar surface area (TPSA) is 32.3 Å². The molecular formula is C10H13ClFNO. The summed E-state index contributed by atoms with van der Waals surface area (Å²) in [6.45, 7) is 1.62. The third-order valence-electron chi connectivity index (χ3n) is 2.02. The highest BCUT2D eigenvalue weighted by Gasteiger charge is 2.27. The van der Waals surface area contributed by atoms with Crippen LogP contribution < -0.4 is 5.32 Å². The first-order chi connectivity index (χ1) is 6.47. The Bertz CT molecular complexity index is 328. The van der Waals surface area contributed by atoms with E-state index in [1.807, 2.05) is 0 Å². The van der Waals surface area contributed by atoms with Crippen LogP contribution in [0.4, 0.5) is 4.39 Å². The van der Waals surface area contributed by atoms with E-state index in [1.54, 1.807) is 7.05 Å². The summed E-state index contributed by atoms with van der Waals surface area (Å²) in [5.74, 6) is 0.0407. The summed E-state index contributed by atoms with van der Waals surface area (Å²) >= 11 is 5.82. The highest BCUT2D eigenvalue weighted by molar-refractivity contribution is 6.31. The van der Waals surface area contributed by atoms with Gasteiger partial charge in [0, 0.05) is 12.1 Å². The average molecular weight is 218 g/mol. The van der Waals surface area contributed by atoms with E-state index in [2.05, 4.69) is 5.32 Å². The Morgan fingerprint density at radius 2 is 2.21 bits per heavy atom. The summed E-state index contributed by atoms with van der Waals surface area (Å²) in [7, 11) is 1.67. The van der Waals surface area contributed by atoms with Gasteiger partial charge in [0.05, 0.1) is 5.02 Å². The third kappa shape index (κ3) is 2.36. The largest absolute Gasteiger partial charge is 0.508 e. The van der Waals surface area contributed by atoms with Crippen LogP contribution in [0, 0.1) is 0 Å². The molecule has 0 aliphatic rings. The number of aromatic hydroxyl groups is 1. The number of alkyl halides is 1. The van der Waals surface area contributed by atoms with Gasteiger partial charge in [0.15, 0.2) is 0 Å². The van der Waals surface area contributed by atoms with Gasteiger partial charge in [-0.05, 0) is 26.1 Å². The Morgan fingerprint density at radius 1 is 1.57 bits per heavy atom. The van der Waals surface area contributed by atoms with Crippen molar-refractivity contribution < 1.29 is 9.50 Å². The van der Waals surface area contributed by atoms with Crippen molar-refractivity contribution in [3.05, 3.63) is 28.8 Å². The van der Waals surface area contributed by atoms with Crippen molar-refractivity contribution in [1.82, 2.24) is 5.32 Å². The maximum Gasteiger partial charge on any atom is 0.147 e. The Morgan fingerprint density at radius 3 is 2.71 bits per heavy atom. The van der Waals surface area contributed by atoms with Gasteiger partial charge in [-0.2, -0.15) is 0 Å². The number of hydrogen-bond acceptors (Lipinski definition) is 2. The van der Waals surface area contributed by atoms with Gasteiger partial charge >= 0.3 is 0 Å². The van der Waals surface area contributed by atoms with Crippen molar-refractivity contribution in [3.8, 4) is 5.75 Å². The van der Waals surface area contributed by atoms with Gasteiger partial charge in [-0.15, -0.1) is 0 Å². The molecule has 1 rings (SSSR count). The zero-order chi connectivity index (χ0) is 10.8. The quantitative estimate of drug-likeness (QED) is 0.815. The number of phenols is 1. The van der Waals surface area contributed by atoms with E-state index in [4.69, 9.17) is 16.7 Å². The first-order valence-corrected chi connectivity index (χ1v) is 4.67. The number of phenolic OH excluding ortho intramolecular Hbond substituents is 1. The van der Waals surface area contributed by atoms with Crippen molar-refractivity contribution in [3.63, 3.8) is 0 Å². The molecule has 0 radical (unpaired) electrons. The van der Waals surface area contributed by atoms with Crippen LogP contribution >= 0.6 is 11.6 Å². The molecule has 0 aromatic heterocycles.